The van der Waals surface area contributed by atoms with Gasteiger partial charge in [-0.05, 0) is 48.7 Å². The highest BCUT2D eigenvalue weighted by molar-refractivity contribution is 7.92. The summed E-state index contributed by atoms with van der Waals surface area (Å²) < 4.78 is 28.2. The van der Waals surface area contributed by atoms with E-state index in [9.17, 15) is 8.42 Å². The van der Waals surface area contributed by atoms with Crippen LogP contribution in [0.4, 0.5) is 5.69 Å². The first-order chi connectivity index (χ1) is 12.0. The highest BCUT2D eigenvalue weighted by Crippen LogP contribution is 2.29. The van der Waals surface area contributed by atoms with Crippen LogP contribution in [0.3, 0.4) is 0 Å². The van der Waals surface area contributed by atoms with Gasteiger partial charge >= 0.3 is 0 Å². The smallest absolute Gasteiger partial charge is 0.262 e. The van der Waals surface area contributed by atoms with E-state index in [0.29, 0.717) is 17.1 Å². The van der Waals surface area contributed by atoms with E-state index in [-0.39, 0.29) is 0 Å². The number of anilines is 1. The molecule has 3 rings (SSSR count). The summed E-state index contributed by atoms with van der Waals surface area (Å²) in [6.45, 7) is 4.23. The second-order valence-corrected chi connectivity index (χ2v) is 7.90. The summed E-state index contributed by atoms with van der Waals surface area (Å²) in [6, 6.07) is 24.0. The van der Waals surface area contributed by atoms with E-state index in [2.05, 4.69) is 0 Å². The lowest BCUT2D eigenvalue weighted by Crippen LogP contribution is -2.31. The van der Waals surface area contributed by atoms with E-state index in [0.717, 1.165) is 16.7 Å². The molecule has 3 aromatic carbocycles. The third-order valence-corrected chi connectivity index (χ3v) is 6.06. The summed E-state index contributed by atoms with van der Waals surface area (Å²) in [7, 11) is -3.66. The van der Waals surface area contributed by atoms with Gasteiger partial charge in [-0.25, -0.2) is 8.42 Å². The Hall–Kier alpha value is -2.59. The van der Waals surface area contributed by atoms with Gasteiger partial charge in [0.25, 0.3) is 10.0 Å². The van der Waals surface area contributed by atoms with Gasteiger partial charge in [0, 0.05) is 0 Å². The van der Waals surface area contributed by atoms with Gasteiger partial charge in [-0.3, -0.25) is 4.31 Å². The zero-order valence-electron chi connectivity index (χ0n) is 14.4. The first-order valence-electron chi connectivity index (χ1n) is 8.18. The molecule has 0 N–H and O–H groups in total. The second kappa shape index (κ2) is 7.11. The van der Waals surface area contributed by atoms with Crippen molar-refractivity contribution in [2.24, 2.45) is 0 Å². The number of hydrogen-bond donors (Lipinski definition) is 0. The van der Waals surface area contributed by atoms with E-state index >= 15 is 0 Å². The van der Waals surface area contributed by atoms with Crippen LogP contribution in [-0.2, 0) is 16.6 Å². The van der Waals surface area contributed by atoms with Crippen molar-refractivity contribution in [2.75, 3.05) is 4.31 Å². The number of nitrogens with zero attached hydrogens (tertiary/aromatic N) is 1. The van der Waals surface area contributed by atoms with Crippen LogP contribution in [0, 0.1) is 13.8 Å². The van der Waals surface area contributed by atoms with Crippen molar-refractivity contribution < 1.29 is 8.42 Å². The van der Waals surface area contributed by atoms with E-state index in [4.69, 9.17) is 0 Å². The molecule has 0 aromatic heterocycles. The number of aryl methyl sites for hydroxylation is 2. The molecule has 0 radical (unpaired) electrons. The molecule has 4 heteroatoms. The fourth-order valence-electron chi connectivity index (χ4n) is 2.80. The van der Waals surface area contributed by atoms with Gasteiger partial charge in [0.1, 0.15) is 0 Å². The minimum Gasteiger partial charge on any atom is -0.262 e. The van der Waals surface area contributed by atoms with E-state index in [1.165, 1.54) is 4.31 Å². The van der Waals surface area contributed by atoms with Crippen molar-refractivity contribution in [3.63, 3.8) is 0 Å². The van der Waals surface area contributed by atoms with E-state index < -0.39 is 10.0 Å². The molecule has 0 aliphatic carbocycles. The van der Waals surface area contributed by atoms with Crippen molar-refractivity contribution in [3.05, 3.63) is 95.6 Å². The number of rotatable bonds is 5. The van der Waals surface area contributed by atoms with Crippen molar-refractivity contribution in [1.29, 1.82) is 0 Å². The Morgan fingerprint density at radius 3 is 1.92 bits per heavy atom. The predicted molar refractivity (Wildman–Crippen MR) is 102 cm³/mol. The highest BCUT2D eigenvalue weighted by Gasteiger charge is 2.26. The average Bonchev–Trinajstić information content (AvgIpc) is 2.62. The van der Waals surface area contributed by atoms with Crippen LogP contribution in [-0.4, -0.2) is 8.42 Å². The van der Waals surface area contributed by atoms with Gasteiger partial charge in [-0.15, -0.1) is 0 Å². The minimum atomic E-state index is -3.66. The lowest BCUT2D eigenvalue weighted by Gasteiger charge is -2.27. The van der Waals surface area contributed by atoms with Gasteiger partial charge in [-0.1, -0.05) is 60.7 Å². The van der Waals surface area contributed by atoms with Crippen molar-refractivity contribution in [2.45, 2.75) is 25.3 Å². The number of hydrogen-bond acceptors (Lipinski definition) is 2. The molecule has 0 amide bonds. The average molecular weight is 351 g/mol. The van der Waals surface area contributed by atoms with Crippen LogP contribution in [0.15, 0.2) is 83.8 Å². The molecule has 0 spiro atoms. The molecular weight excluding hydrogens is 330 g/mol. The van der Waals surface area contributed by atoms with Gasteiger partial charge in [0.15, 0.2) is 0 Å². The largest absolute Gasteiger partial charge is 0.264 e. The monoisotopic (exact) mass is 351 g/mol. The normalized spacial score (nSPS) is 11.3. The summed E-state index contributed by atoms with van der Waals surface area (Å²) >= 11 is 0. The Labute approximate surface area is 149 Å². The Morgan fingerprint density at radius 2 is 1.28 bits per heavy atom. The molecule has 0 aliphatic rings. The van der Waals surface area contributed by atoms with Gasteiger partial charge in [-0.2, -0.15) is 0 Å². The van der Waals surface area contributed by atoms with Gasteiger partial charge < -0.3 is 0 Å². The Bertz CT molecular complexity index is 966. The first-order valence-corrected chi connectivity index (χ1v) is 9.62. The number of sulfonamides is 1. The molecule has 0 bridgehead atoms. The zero-order chi connectivity index (χ0) is 17.9. The Morgan fingerprint density at radius 1 is 0.720 bits per heavy atom. The molecule has 0 aliphatic heterocycles. The molecule has 3 nitrogen and oxygen atoms in total. The van der Waals surface area contributed by atoms with Gasteiger partial charge in [0.05, 0.1) is 17.1 Å². The Balaban J connectivity index is 2.13. The quantitative estimate of drug-likeness (QED) is 0.668. The predicted octanol–water partition coefficient (Wildman–Crippen LogP) is 4.70. The van der Waals surface area contributed by atoms with Crippen LogP contribution >= 0.6 is 0 Å². The van der Waals surface area contributed by atoms with Crippen LogP contribution < -0.4 is 4.31 Å². The lowest BCUT2D eigenvalue weighted by molar-refractivity contribution is 0.590. The van der Waals surface area contributed by atoms with Crippen LogP contribution in [0.2, 0.25) is 0 Å². The molecule has 3 aromatic rings. The fourth-order valence-corrected chi connectivity index (χ4v) is 4.33. The SMILES string of the molecule is Cc1ccccc1CN(c1ccccc1C)S(=O)(=O)c1ccccc1. The Kier molecular flexibility index (Phi) is 4.91. The molecule has 0 saturated carbocycles. The molecule has 0 saturated heterocycles. The molecule has 0 unspecified atom stereocenters. The second-order valence-electron chi connectivity index (χ2n) is 6.04. The number of para-hydroxylation sites is 1. The van der Waals surface area contributed by atoms with Crippen molar-refractivity contribution >= 4 is 15.7 Å². The molecule has 0 heterocycles. The zero-order valence-corrected chi connectivity index (χ0v) is 15.2. The van der Waals surface area contributed by atoms with E-state index in [1.54, 1.807) is 24.3 Å². The maximum Gasteiger partial charge on any atom is 0.264 e. The summed E-state index contributed by atoms with van der Waals surface area (Å²) in [4.78, 5) is 0.298. The summed E-state index contributed by atoms with van der Waals surface area (Å²) in [5.74, 6) is 0. The molecule has 25 heavy (non-hydrogen) atoms. The summed E-state index contributed by atoms with van der Waals surface area (Å²) in [5.41, 5.74) is 3.69. The lowest BCUT2D eigenvalue weighted by atomic mass is 10.1. The maximum absolute atomic E-state index is 13.3. The molecule has 128 valence electrons. The maximum atomic E-state index is 13.3. The molecular formula is C21H21NO2S. The third kappa shape index (κ3) is 3.59. The summed E-state index contributed by atoms with van der Waals surface area (Å²) in [5, 5.41) is 0. The standard InChI is InChI=1S/C21H21NO2S/c1-17-10-6-8-12-19(17)16-22(21-15-9-7-11-18(21)2)25(23,24)20-13-4-3-5-14-20/h3-15H,16H2,1-2H3. The van der Waals surface area contributed by atoms with Crippen LogP contribution in [0.25, 0.3) is 0 Å². The third-order valence-electron chi connectivity index (χ3n) is 4.29. The minimum absolute atomic E-state index is 0.298. The first kappa shape index (κ1) is 17.2. The van der Waals surface area contributed by atoms with Crippen molar-refractivity contribution in [3.8, 4) is 0 Å². The molecule has 0 fully saturated rings. The topological polar surface area (TPSA) is 37.4 Å². The fraction of sp³-hybridized carbons (Fsp3) is 0.143. The summed E-state index contributed by atoms with van der Waals surface area (Å²) in [6.07, 6.45) is 0. The van der Waals surface area contributed by atoms with Crippen LogP contribution in [0.5, 0.6) is 0 Å². The van der Waals surface area contributed by atoms with E-state index in [1.807, 2.05) is 68.4 Å². The van der Waals surface area contributed by atoms with Gasteiger partial charge in [0.2, 0.25) is 0 Å². The highest BCUT2D eigenvalue weighted by atomic mass is 32.2. The van der Waals surface area contributed by atoms with Crippen LogP contribution in [0.1, 0.15) is 16.7 Å². The number of benzene rings is 3. The van der Waals surface area contributed by atoms with Crippen molar-refractivity contribution in [1.82, 2.24) is 0 Å². The molecule has 0 atom stereocenters.